The summed E-state index contributed by atoms with van der Waals surface area (Å²) in [6.45, 7) is 5.23. The van der Waals surface area contributed by atoms with Crippen LogP contribution in [0.2, 0.25) is 0 Å². The summed E-state index contributed by atoms with van der Waals surface area (Å²) in [6, 6.07) is 0.689. The average molecular weight is 251 g/mol. The van der Waals surface area contributed by atoms with E-state index in [1.165, 1.54) is 0 Å². The van der Waals surface area contributed by atoms with Crippen LogP contribution in [0.25, 0.3) is 0 Å². The van der Waals surface area contributed by atoms with Gasteiger partial charge in [-0.2, -0.15) is 0 Å². The van der Waals surface area contributed by atoms with Crippen molar-refractivity contribution in [3.63, 3.8) is 0 Å². The van der Waals surface area contributed by atoms with Crippen LogP contribution in [0.4, 0.5) is 0 Å². The number of nitrogens with one attached hydrogen (secondary N) is 1. The van der Waals surface area contributed by atoms with Crippen molar-refractivity contribution in [2.24, 2.45) is 5.73 Å². The largest absolute Gasteiger partial charge is 0.344 e. The van der Waals surface area contributed by atoms with Gasteiger partial charge in [-0.1, -0.05) is 12.8 Å². The van der Waals surface area contributed by atoms with E-state index in [1.54, 1.807) is 0 Å². The molecule has 3 N–H and O–H groups in total. The van der Waals surface area contributed by atoms with E-state index < -0.39 is 0 Å². The number of hydrogen-bond acceptors (Lipinski definition) is 3. The smallest absolute Gasteiger partial charge is 0.237 e. The maximum Gasteiger partial charge on any atom is 0.237 e. The molecule has 1 unspecified atom stereocenters. The van der Waals surface area contributed by atoms with Gasteiger partial charge in [0.15, 0.2) is 0 Å². The van der Waals surface area contributed by atoms with Crippen molar-refractivity contribution in [3.8, 4) is 12.3 Å². The van der Waals surface area contributed by atoms with Gasteiger partial charge in [0.25, 0.3) is 0 Å². The lowest BCUT2D eigenvalue weighted by Gasteiger charge is -2.38. The van der Waals surface area contributed by atoms with E-state index in [4.69, 9.17) is 12.2 Å². The minimum absolute atomic E-state index is 0.0182. The summed E-state index contributed by atoms with van der Waals surface area (Å²) < 4.78 is 0. The van der Waals surface area contributed by atoms with E-state index in [0.717, 1.165) is 32.2 Å². The number of likely N-dealkylation sites (N-methyl/N-ethyl adjacent to an activating group) is 1. The third kappa shape index (κ3) is 4.01. The molecule has 1 amide bonds. The van der Waals surface area contributed by atoms with Crippen LogP contribution in [0, 0.1) is 12.3 Å². The van der Waals surface area contributed by atoms with Gasteiger partial charge in [-0.15, -0.1) is 6.42 Å². The molecule has 0 aromatic heterocycles. The van der Waals surface area contributed by atoms with Crippen molar-refractivity contribution < 1.29 is 4.79 Å². The van der Waals surface area contributed by atoms with Crippen LogP contribution in [0.3, 0.4) is 0 Å². The van der Waals surface area contributed by atoms with E-state index in [9.17, 15) is 4.79 Å². The number of terminal acetylenes is 1. The number of amides is 1. The maximum absolute atomic E-state index is 11.9. The van der Waals surface area contributed by atoms with E-state index in [0.29, 0.717) is 18.6 Å². The molecule has 0 aliphatic heterocycles. The zero-order valence-electron chi connectivity index (χ0n) is 11.5. The number of carbonyl (C=O) groups is 1. The van der Waals surface area contributed by atoms with Crippen molar-refractivity contribution in [3.05, 3.63) is 0 Å². The molecule has 0 radical (unpaired) electrons. The van der Waals surface area contributed by atoms with Gasteiger partial charge >= 0.3 is 0 Å². The Morgan fingerprint density at radius 1 is 1.50 bits per heavy atom. The summed E-state index contributed by atoms with van der Waals surface area (Å²) in [5.74, 6) is 2.45. The van der Waals surface area contributed by atoms with Crippen LogP contribution in [-0.2, 0) is 4.79 Å². The normalized spacial score (nSPS) is 25.5. The van der Waals surface area contributed by atoms with Crippen molar-refractivity contribution in [2.45, 2.75) is 57.7 Å². The molecule has 0 saturated heterocycles. The number of hydrogen-bond donors (Lipinski definition) is 2. The van der Waals surface area contributed by atoms with Crippen molar-refractivity contribution in [2.75, 3.05) is 13.1 Å². The Kier molecular flexibility index (Phi) is 6.17. The Balaban J connectivity index is 2.54. The molecule has 1 saturated carbocycles. The molecule has 4 heteroatoms. The third-order valence-corrected chi connectivity index (χ3v) is 3.82. The van der Waals surface area contributed by atoms with Gasteiger partial charge in [0, 0.05) is 12.1 Å². The van der Waals surface area contributed by atoms with E-state index >= 15 is 0 Å². The van der Waals surface area contributed by atoms with Crippen LogP contribution >= 0.6 is 0 Å². The number of nitrogens with two attached hydrogens (primary N) is 1. The first-order valence-corrected chi connectivity index (χ1v) is 6.82. The van der Waals surface area contributed by atoms with Crippen LogP contribution < -0.4 is 11.1 Å². The number of nitrogens with zero attached hydrogens (tertiary/aromatic N) is 1. The highest BCUT2D eigenvalue weighted by atomic mass is 16.2. The molecule has 102 valence electrons. The molecule has 0 aromatic rings. The summed E-state index contributed by atoms with van der Waals surface area (Å²) in [4.78, 5) is 14.2. The molecule has 1 atom stereocenters. The van der Waals surface area contributed by atoms with Gasteiger partial charge in [0.1, 0.15) is 0 Å². The highest BCUT2D eigenvalue weighted by molar-refractivity contribution is 5.81. The topological polar surface area (TPSA) is 58.4 Å². The SMILES string of the molecule is C#CCNC(=O)C(C)N(CC)C1CCC(N)CC1. The maximum atomic E-state index is 11.9. The molecule has 1 aliphatic rings. The molecule has 0 heterocycles. The second kappa shape index (κ2) is 7.40. The number of carbonyl (C=O) groups excluding carboxylic acids is 1. The zero-order chi connectivity index (χ0) is 13.5. The van der Waals surface area contributed by atoms with Crippen LogP contribution in [0.15, 0.2) is 0 Å². The van der Waals surface area contributed by atoms with E-state index in [1.807, 2.05) is 6.92 Å². The average Bonchev–Trinajstić information content (AvgIpc) is 2.38. The summed E-state index contributed by atoms with van der Waals surface area (Å²) in [7, 11) is 0. The lowest BCUT2D eigenvalue weighted by Crippen LogP contribution is -2.51. The fraction of sp³-hybridized carbons (Fsp3) is 0.786. The minimum atomic E-state index is -0.123. The van der Waals surface area contributed by atoms with Gasteiger partial charge < -0.3 is 11.1 Å². The van der Waals surface area contributed by atoms with Crippen molar-refractivity contribution >= 4 is 5.91 Å². The summed E-state index contributed by atoms with van der Waals surface area (Å²) in [5, 5.41) is 2.75. The van der Waals surface area contributed by atoms with Gasteiger partial charge in [-0.3, -0.25) is 9.69 Å². The second-order valence-corrected chi connectivity index (χ2v) is 5.00. The lowest BCUT2D eigenvalue weighted by atomic mass is 9.90. The molecule has 4 nitrogen and oxygen atoms in total. The predicted octanol–water partition coefficient (Wildman–Crippen LogP) is 0.716. The molecule has 0 aromatic carbocycles. The van der Waals surface area contributed by atoms with Gasteiger partial charge in [0.2, 0.25) is 5.91 Å². The first-order chi connectivity index (χ1) is 8.60. The highest BCUT2D eigenvalue weighted by Gasteiger charge is 2.29. The fourth-order valence-corrected chi connectivity index (χ4v) is 2.72. The van der Waals surface area contributed by atoms with Gasteiger partial charge in [-0.05, 0) is 39.2 Å². The quantitative estimate of drug-likeness (QED) is 0.708. The van der Waals surface area contributed by atoms with Gasteiger partial charge in [0.05, 0.1) is 12.6 Å². The molecule has 1 fully saturated rings. The Hall–Kier alpha value is -1.05. The molecule has 0 spiro atoms. The van der Waals surface area contributed by atoms with Crippen LogP contribution in [0.1, 0.15) is 39.5 Å². The van der Waals surface area contributed by atoms with E-state index in [2.05, 4.69) is 23.1 Å². The lowest BCUT2D eigenvalue weighted by molar-refractivity contribution is -0.126. The van der Waals surface area contributed by atoms with Crippen LogP contribution in [0.5, 0.6) is 0 Å². The summed E-state index contributed by atoms with van der Waals surface area (Å²) in [6.07, 6.45) is 9.43. The summed E-state index contributed by atoms with van der Waals surface area (Å²) in [5.41, 5.74) is 5.92. The molecule has 1 aliphatic carbocycles. The minimum Gasteiger partial charge on any atom is -0.344 e. The zero-order valence-corrected chi connectivity index (χ0v) is 11.5. The van der Waals surface area contributed by atoms with Gasteiger partial charge in [-0.25, -0.2) is 0 Å². The van der Waals surface area contributed by atoms with E-state index in [-0.39, 0.29) is 11.9 Å². The molecule has 0 bridgehead atoms. The predicted molar refractivity (Wildman–Crippen MR) is 73.9 cm³/mol. The standard InChI is InChI=1S/C14H25N3O/c1-4-10-16-14(18)11(3)17(5-2)13-8-6-12(15)7-9-13/h1,11-13H,5-10,15H2,2-3H3,(H,16,18). The first-order valence-electron chi connectivity index (χ1n) is 6.82. The molecule has 18 heavy (non-hydrogen) atoms. The fourth-order valence-electron chi connectivity index (χ4n) is 2.72. The monoisotopic (exact) mass is 251 g/mol. The molecular weight excluding hydrogens is 226 g/mol. The van der Waals surface area contributed by atoms with Crippen LogP contribution in [-0.4, -0.2) is 42.0 Å². The summed E-state index contributed by atoms with van der Waals surface area (Å²) >= 11 is 0. The van der Waals surface area contributed by atoms with Crippen molar-refractivity contribution in [1.82, 2.24) is 10.2 Å². The molecular formula is C14H25N3O. The Bertz CT molecular complexity index is 303. The highest BCUT2D eigenvalue weighted by Crippen LogP contribution is 2.23. The Labute approximate surface area is 110 Å². The molecule has 1 rings (SSSR count). The second-order valence-electron chi connectivity index (χ2n) is 5.00. The Morgan fingerprint density at radius 2 is 2.11 bits per heavy atom. The van der Waals surface area contributed by atoms with Crippen molar-refractivity contribution in [1.29, 1.82) is 0 Å². The number of rotatable bonds is 5. The Morgan fingerprint density at radius 3 is 2.61 bits per heavy atom. The third-order valence-electron chi connectivity index (χ3n) is 3.82. The first kappa shape index (κ1) is 15.0.